The number of para-hydroxylation sites is 1. The van der Waals surface area contributed by atoms with E-state index in [0.29, 0.717) is 23.7 Å². The summed E-state index contributed by atoms with van der Waals surface area (Å²) in [6.45, 7) is 2.30. The van der Waals surface area contributed by atoms with E-state index in [1.165, 1.54) is 0 Å². The molecule has 1 N–H and O–H groups in total. The van der Waals surface area contributed by atoms with Crippen LogP contribution in [-0.4, -0.2) is 20.7 Å². The summed E-state index contributed by atoms with van der Waals surface area (Å²) in [5, 5.41) is 7.37. The van der Waals surface area contributed by atoms with Crippen molar-refractivity contribution < 1.29 is 9.53 Å². The van der Waals surface area contributed by atoms with E-state index in [1.54, 1.807) is 35.3 Å². The first-order valence-electron chi connectivity index (χ1n) is 9.24. The fourth-order valence-corrected chi connectivity index (χ4v) is 2.85. The summed E-state index contributed by atoms with van der Waals surface area (Å²) < 4.78 is 7.53. The summed E-state index contributed by atoms with van der Waals surface area (Å²) in [6, 6.07) is 20.6. The Morgan fingerprint density at radius 3 is 2.72 bits per heavy atom. The molecule has 4 aromatic rings. The van der Waals surface area contributed by atoms with Crippen LogP contribution in [0.25, 0.3) is 5.69 Å². The van der Waals surface area contributed by atoms with Gasteiger partial charge in [0, 0.05) is 35.3 Å². The van der Waals surface area contributed by atoms with Gasteiger partial charge in [0.1, 0.15) is 12.4 Å². The van der Waals surface area contributed by atoms with Crippen molar-refractivity contribution in [3.8, 4) is 11.4 Å². The number of nitrogens with zero attached hydrogens (tertiary/aromatic N) is 3. The molecule has 0 aliphatic carbocycles. The zero-order valence-electron chi connectivity index (χ0n) is 15.9. The lowest BCUT2D eigenvalue weighted by Crippen LogP contribution is -2.13. The first-order chi connectivity index (χ1) is 14.2. The van der Waals surface area contributed by atoms with Gasteiger partial charge in [0.2, 0.25) is 0 Å². The molecule has 6 heteroatoms. The topological polar surface area (TPSA) is 69.0 Å². The van der Waals surface area contributed by atoms with E-state index in [9.17, 15) is 4.79 Å². The van der Waals surface area contributed by atoms with Crippen LogP contribution in [0.5, 0.6) is 5.75 Å². The number of aryl methyl sites for hydroxylation is 1. The van der Waals surface area contributed by atoms with Crippen molar-refractivity contribution in [1.29, 1.82) is 0 Å². The summed E-state index contributed by atoms with van der Waals surface area (Å²) in [6.07, 6.45) is 5.36. The third-order valence-corrected chi connectivity index (χ3v) is 4.37. The highest BCUT2D eigenvalue weighted by Gasteiger charge is 2.12. The smallest absolute Gasteiger partial charge is 0.257 e. The van der Waals surface area contributed by atoms with Gasteiger partial charge in [-0.1, -0.05) is 30.3 Å². The summed E-state index contributed by atoms with van der Waals surface area (Å²) in [4.78, 5) is 16.8. The number of rotatable bonds is 6. The number of benzene rings is 2. The lowest BCUT2D eigenvalue weighted by Gasteiger charge is -2.08. The molecule has 29 heavy (non-hydrogen) atoms. The van der Waals surface area contributed by atoms with E-state index >= 15 is 0 Å². The van der Waals surface area contributed by atoms with Crippen molar-refractivity contribution in [2.75, 3.05) is 5.32 Å². The first-order valence-corrected chi connectivity index (χ1v) is 9.24. The maximum atomic E-state index is 12.7. The second-order valence-corrected chi connectivity index (χ2v) is 6.57. The van der Waals surface area contributed by atoms with Crippen molar-refractivity contribution in [2.24, 2.45) is 0 Å². The SMILES string of the molecule is Cc1cn(-c2ccccc2)nc1NC(=O)c1cccc(OCc2cccnc2)c1. The number of amides is 1. The minimum Gasteiger partial charge on any atom is -0.489 e. The van der Waals surface area contributed by atoms with Gasteiger partial charge in [-0.25, -0.2) is 4.68 Å². The van der Waals surface area contributed by atoms with Crippen LogP contribution in [0.3, 0.4) is 0 Å². The second-order valence-electron chi connectivity index (χ2n) is 6.57. The highest BCUT2D eigenvalue weighted by Crippen LogP contribution is 2.19. The molecule has 144 valence electrons. The van der Waals surface area contributed by atoms with Crippen molar-refractivity contribution in [3.05, 3.63) is 102 Å². The number of hydrogen-bond acceptors (Lipinski definition) is 4. The summed E-state index contributed by atoms with van der Waals surface area (Å²) in [5.74, 6) is 0.909. The number of carbonyl (C=O) groups is 1. The predicted octanol–water partition coefficient (Wildman–Crippen LogP) is 4.41. The molecule has 0 unspecified atom stereocenters. The van der Waals surface area contributed by atoms with Gasteiger partial charge in [-0.05, 0) is 43.3 Å². The maximum absolute atomic E-state index is 12.7. The molecule has 0 atom stereocenters. The minimum atomic E-state index is -0.238. The molecule has 0 saturated heterocycles. The number of anilines is 1. The Morgan fingerprint density at radius 1 is 1.07 bits per heavy atom. The van der Waals surface area contributed by atoms with Crippen LogP contribution < -0.4 is 10.1 Å². The highest BCUT2D eigenvalue weighted by atomic mass is 16.5. The van der Waals surface area contributed by atoms with Crippen LogP contribution in [0.1, 0.15) is 21.5 Å². The van der Waals surface area contributed by atoms with Gasteiger partial charge >= 0.3 is 0 Å². The van der Waals surface area contributed by atoms with E-state index in [4.69, 9.17) is 4.74 Å². The Hall–Kier alpha value is -3.93. The second kappa shape index (κ2) is 8.39. The molecule has 6 nitrogen and oxygen atoms in total. The molecule has 2 aromatic carbocycles. The Balaban J connectivity index is 1.46. The first kappa shape index (κ1) is 18.4. The quantitative estimate of drug-likeness (QED) is 0.535. The van der Waals surface area contributed by atoms with Gasteiger partial charge in [0.15, 0.2) is 5.82 Å². The van der Waals surface area contributed by atoms with Gasteiger partial charge in [-0.3, -0.25) is 9.78 Å². The van der Waals surface area contributed by atoms with Gasteiger partial charge in [0.05, 0.1) is 5.69 Å². The molecular weight excluding hydrogens is 364 g/mol. The number of ether oxygens (including phenoxy) is 1. The number of nitrogens with one attached hydrogen (secondary N) is 1. The van der Waals surface area contributed by atoms with E-state index < -0.39 is 0 Å². The molecule has 0 aliphatic rings. The van der Waals surface area contributed by atoms with Crippen molar-refractivity contribution in [3.63, 3.8) is 0 Å². The van der Waals surface area contributed by atoms with E-state index in [0.717, 1.165) is 16.8 Å². The van der Waals surface area contributed by atoms with E-state index in [-0.39, 0.29) is 5.91 Å². The van der Waals surface area contributed by atoms with Crippen LogP contribution in [0.4, 0.5) is 5.82 Å². The summed E-state index contributed by atoms with van der Waals surface area (Å²) >= 11 is 0. The minimum absolute atomic E-state index is 0.238. The standard InChI is InChI=1S/C23H20N4O2/c1-17-15-27(20-9-3-2-4-10-20)26-22(17)25-23(28)19-8-5-11-21(13-19)29-16-18-7-6-12-24-14-18/h2-15H,16H2,1H3,(H,25,26,28). The van der Waals surface area contributed by atoms with Gasteiger partial charge in [-0.15, -0.1) is 5.10 Å². The lowest BCUT2D eigenvalue weighted by molar-refractivity contribution is 0.102. The van der Waals surface area contributed by atoms with Crippen LogP contribution in [0, 0.1) is 6.92 Å². The van der Waals surface area contributed by atoms with Crippen molar-refractivity contribution in [2.45, 2.75) is 13.5 Å². The lowest BCUT2D eigenvalue weighted by atomic mass is 10.2. The van der Waals surface area contributed by atoms with Crippen LogP contribution in [-0.2, 0) is 6.61 Å². The zero-order chi connectivity index (χ0) is 20.1. The molecule has 0 aliphatic heterocycles. The molecule has 2 heterocycles. The molecule has 4 rings (SSSR count). The molecular formula is C23H20N4O2. The fourth-order valence-electron chi connectivity index (χ4n) is 2.85. The number of hydrogen-bond donors (Lipinski definition) is 1. The Labute approximate surface area is 168 Å². The highest BCUT2D eigenvalue weighted by molar-refractivity contribution is 6.04. The van der Waals surface area contributed by atoms with Crippen LogP contribution >= 0.6 is 0 Å². The molecule has 0 fully saturated rings. The molecule has 2 aromatic heterocycles. The van der Waals surface area contributed by atoms with Gasteiger partial charge < -0.3 is 10.1 Å². The van der Waals surface area contributed by atoms with E-state index in [1.807, 2.05) is 61.7 Å². The average Bonchev–Trinajstić information content (AvgIpc) is 3.14. The number of aromatic nitrogens is 3. The Morgan fingerprint density at radius 2 is 1.93 bits per heavy atom. The number of carbonyl (C=O) groups excluding carboxylic acids is 1. The summed E-state index contributed by atoms with van der Waals surface area (Å²) in [7, 11) is 0. The fraction of sp³-hybridized carbons (Fsp3) is 0.0870. The Bertz CT molecular complexity index is 1110. The van der Waals surface area contributed by atoms with Crippen LogP contribution in [0.15, 0.2) is 85.3 Å². The van der Waals surface area contributed by atoms with Gasteiger partial charge in [-0.2, -0.15) is 0 Å². The zero-order valence-corrected chi connectivity index (χ0v) is 15.9. The normalized spacial score (nSPS) is 10.5. The average molecular weight is 384 g/mol. The van der Waals surface area contributed by atoms with Gasteiger partial charge in [0.25, 0.3) is 5.91 Å². The van der Waals surface area contributed by atoms with Crippen molar-refractivity contribution in [1.82, 2.24) is 14.8 Å². The molecule has 1 amide bonds. The van der Waals surface area contributed by atoms with E-state index in [2.05, 4.69) is 15.4 Å². The molecule has 0 bridgehead atoms. The Kier molecular flexibility index (Phi) is 5.33. The third-order valence-electron chi connectivity index (χ3n) is 4.37. The van der Waals surface area contributed by atoms with Crippen molar-refractivity contribution >= 4 is 11.7 Å². The monoisotopic (exact) mass is 384 g/mol. The molecule has 0 spiro atoms. The predicted molar refractivity (Wildman–Crippen MR) is 111 cm³/mol. The third kappa shape index (κ3) is 4.50. The maximum Gasteiger partial charge on any atom is 0.257 e. The summed E-state index contributed by atoms with van der Waals surface area (Å²) in [5.41, 5.74) is 3.28. The largest absolute Gasteiger partial charge is 0.489 e. The molecule has 0 saturated carbocycles. The number of pyridine rings is 1. The van der Waals surface area contributed by atoms with Crippen LogP contribution in [0.2, 0.25) is 0 Å². The molecule has 0 radical (unpaired) electrons.